The van der Waals surface area contributed by atoms with Crippen molar-refractivity contribution in [2.45, 2.75) is 13.0 Å². The number of benzene rings is 1. The monoisotopic (exact) mass is 472 g/mol. The van der Waals surface area contributed by atoms with Crippen molar-refractivity contribution in [2.24, 2.45) is 7.05 Å². The van der Waals surface area contributed by atoms with Crippen molar-refractivity contribution in [1.29, 1.82) is 0 Å². The van der Waals surface area contributed by atoms with Crippen molar-refractivity contribution >= 4 is 47.2 Å². The Balaban J connectivity index is 1.67. The first-order valence-corrected chi connectivity index (χ1v) is 13.2. The van der Waals surface area contributed by atoms with Gasteiger partial charge in [-0.1, -0.05) is 23.7 Å². The van der Waals surface area contributed by atoms with E-state index in [1.165, 1.54) is 6.20 Å². The minimum absolute atomic E-state index is 0.135. The van der Waals surface area contributed by atoms with E-state index in [0.29, 0.717) is 27.5 Å². The molecule has 0 saturated heterocycles. The van der Waals surface area contributed by atoms with E-state index in [0.717, 1.165) is 30.8 Å². The van der Waals surface area contributed by atoms with Gasteiger partial charge in [0.2, 0.25) is 5.95 Å². The van der Waals surface area contributed by atoms with E-state index in [1.807, 2.05) is 30.3 Å². The zero-order valence-electron chi connectivity index (χ0n) is 18.5. The Hall–Kier alpha value is -2.67. The largest absolute Gasteiger partial charge is 0.338 e. The van der Waals surface area contributed by atoms with Gasteiger partial charge in [-0.3, -0.25) is 4.79 Å². The first-order chi connectivity index (χ1) is 15.1. The maximum atomic E-state index is 12.9. The number of nitrogens with one attached hydrogen (secondary N) is 2. The van der Waals surface area contributed by atoms with Gasteiger partial charge in [0.1, 0.15) is 17.9 Å². The maximum absolute atomic E-state index is 12.9. The van der Waals surface area contributed by atoms with E-state index in [9.17, 15) is 9.36 Å². The van der Waals surface area contributed by atoms with Crippen molar-refractivity contribution < 1.29 is 4.57 Å². The molecular weight excluding hydrogens is 447 g/mol. The third-order valence-corrected chi connectivity index (χ3v) is 7.35. The number of nitrogens with zero attached hydrogens (tertiary/aromatic N) is 4. The number of hydrogen-bond acceptors (Lipinski definition) is 7. The molecule has 3 aromatic rings. The molecule has 168 valence electrons. The second-order valence-corrected chi connectivity index (χ2v) is 12.0. The second-order valence-electron chi connectivity index (χ2n) is 8.39. The Morgan fingerprint density at radius 3 is 2.62 bits per heavy atom. The summed E-state index contributed by atoms with van der Waals surface area (Å²) in [6.45, 7) is 5.13. The van der Waals surface area contributed by atoms with Crippen LogP contribution >= 0.6 is 18.7 Å². The van der Waals surface area contributed by atoms with E-state index in [1.54, 1.807) is 24.9 Å². The van der Waals surface area contributed by atoms with E-state index >= 15 is 0 Å². The van der Waals surface area contributed by atoms with Crippen LogP contribution in [0, 0.1) is 0 Å². The van der Waals surface area contributed by atoms with Gasteiger partial charge in [-0.25, -0.2) is 4.98 Å². The standard InChI is InChI=1S/C22H26ClN6O2P/c1-28-10-9-18-14(13-28)11-17(21(30)29(18)2)26-22-24-12-15(23)20(27-22)25-16-7-5-6-8-19(16)32(3,4)31/h5-8,11-12H,9-10,13H2,1-4H3,(H2,24,25,26,27). The summed E-state index contributed by atoms with van der Waals surface area (Å²) in [5.74, 6) is 0.603. The molecule has 3 heterocycles. The molecule has 1 aromatic carbocycles. The topological polar surface area (TPSA) is 92.2 Å². The Labute approximate surface area is 192 Å². The summed E-state index contributed by atoms with van der Waals surface area (Å²) in [6.07, 6.45) is 2.30. The van der Waals surface area contributed by atoms with Gasteiger partial charge in [-0.2, -0.15) is 4.98 Å². The van der Waals surface area contributed by atoms with Crippen LogP contribution in [0.3, 0.4) is 0 Å². The molecule has 8 nitrogen and oxygen atoms in total. The fraction of sp³-hybridized carbons (Fsp3) is 0.318. The first-order valence-electron chi connectivity index (χ1n) is 10.2. The molecule has 4 rings (SSSR count). The summed E-state index contributed by atoms with van der Waals surface area (Å²) in [6, 6.07) is 9.22. The van der Waals surface area contributed by atoms with Crippen LogP contribution in [-0.2, 0) is 24.6 Å². The van der Waals surface area contributed by atoms with Crippen molar-refractivity contribution in [1.82, 2.24) is 19.4 Å². The number of halogens is 1. The number of hydrogen-bond donors (Lipinski definition) is 2. The Morgan fingerprint density at radius 1 is 1.12 bits per heavy atom. The number of rotatable bonds is 5. The average molecular weight is 473 g/mol. The summed E-state index contributed by atoms with van der Waals surface area (Å²) < 4.78 is 14.4. The van der Waals surface area contributed by atoms with Crippen molar-refractivity contribution in [3.8, 4) is 0 Å². The van der Waals surface area contributed by atoms with Gasteiger partial charge in [-0.15, -0.1) is 0 Å². The summed E-state index contributed by atoms with van der Waals surface area (Å²) in [5, 5.41) is 7.24. The number of aromatic nitrogens is 3. The number of anilines is 4. The molecule has 1 aliphatic heterocycles. The van der Waals surface area contributed by atoms with E-state index in [2.05, 4.69) is 32.5 Å². The summed E-state index contributed by atoms with van der Waals surface area (Å²) in [5.41, 5.74) is 3.09. The highest BCUT2D eigenvalue weighted by Crippen LogP contribution is 2.38. The molecule has 0 spiro atoms. The summed E-state index contributed by atoms with van der Waals surface area (Å²) >= 11 is 6.33. The lowest BCUT2D eigenvalue weighted by atomic mass is 10.1. The number of para-hydroxylation sites is 1. The zero-order valence-corrected chi connectivity index (χ0v) is 20.2. The van der Waals surface area contributed by atoms with Gasteiger partial charge in [-0.05, 0) is 44.1 Å². The van der Waals surface area contributed by atoms with Gasteiger partial charge in [0.25, 0.3) is 5.56 Å². The summed E-state index contributed by atoms with van der Waals surface area (Å²) in [4.78, 5) is 23.8. The number of fused-ring (bicyclic) bond motifs is 1. The third kappa shape index (κ3) is 4.58. The molecular formula is C22H26ClN6O2P. The zero-order chi connectivity index (χ0) is 23.0. The quantitative estimate of drug-likeness (QED) is 0.548. The average Bonchev–Trinajstić information content (AvgIpc) is 2.73. The van der Waals surface area contributed by atoms with Crippen LogP contribution in [0.1, 0.15) is 11.3 Å². The molecule has 0 radical (unpaired) electrons. The summed E-state index contributed by atoms with van der Waals surface area (Å²) in [7, 11) is 1.33. The molecule has 0 aliphatic carbocycles. The lowest BCUT2D eigenvalue weighted by molar-refractivity contribution is 0.306. The second kappa shape index (κ2) is 8.70. The predicted molar refractivity (Wildman–Crippen MR) is 131 cm³/mol. The SMILES string of the molecule is CN1CCc2c(cc(Nc3ncc(Cl)c(Nc4ccccc4P(C)(C)=O)n3)c(=O)n2C)C1. The van der Waals surface area contributed by atoms with E-state index in [4.69, 9.17) is 11.6 Å². The molecule has 0 unspecified atom stereocenters. The molecule has 0 atom stereocenters. The fourth-order valence-electron chi connectivity index (χ4n) is 3.87. The molecule has 0 fully saturated rings. The minimum atomic E-state index is -2.52. The first kappa shape index (κ1) is 22.5. The highest BCUT2D eigenvalue weighted by atomic mass is 35.5. The van der Waals surface area contributed by atoms with Crippen LogP contribution in [0.5, 0.6) is 0 Å². The fourth-order valence-corrected chi connectivity index (χ4v) is 5.17. The van der Waals surface area contributed by atoms with Crippen LogP contribution in [0.25, 0.3) is 0 Å². The van der Waals surface area contributed by atoms with Crippen LogP contribution in [0.4, 0.5) is 23.1 Å². The number of likely N-dealkylation sites (N-methyl/N-ethyl adjacent to an activating group) is 1. The molecule has 10 heteroatoms. The molecule has 0 amide bonds. The number of pyridine rings is 1. The normalized spacial score (nSPS) is 14.2. The maximum Gasteiger partial charge on any atom is 0.274 e. The van der Waals surface area contributed by atoms with Crippen molar-refractivity contribution in [2.75, 3.05) is 37.6 Å². The molecule has 0 saturated carbocycles. The minimum Gasteiger partial charge on any atom is -0.338 e. The molecule has 2 N–H and O–H groups in total. The lowest BCUT2D eigenvalue weighted by Crippen LogP contribution is -2.33. The van der Waals surface area contributed by atoms with Crippen LogP contribution in [0.2, 0.25) is 5.02 Å². The lowest BCUT2D eigenvalue weighted by Gasteiger charge is -2.27. The van der Waals surface area contributed by atoms with E-state index < -0.39 is 7.14 Å². The van der Waals surface area contributed by atoms with Crippen LogP contribution in [0.15, 0.2) is 41.3 Å². The molecule has 0 bridgehead atoms. The van der Waals surface area contributed by atoms with Crippen molar-refractivity contribution in [3.63, 3.8) is 0 Å². The Morgan fingerprint density at radius 2 is 1.88 bits per heavy atom. The molecule has 2 aromatic heterocycles. The Bertz CT molecular complexity index is 1290. The third-order valence-electron chi connectivity index (χ3n) is 5.53. The van der Waals surface area contributed by atoms with Crippen LogP contribution in [-0.4, -0.2) is 46.4 Å². The van der Waals surface area contributed by atoms with E-state index in [-0.39, 0.29) is 11.5 Å². The van der Waals surface area contributed by atoms with Crippen molar-refractivity contribution in [3.05, 3.63) is 63.2 Å². The smallest absolute Gasteiger partial charge is 0.274 e. The molecule has 32 heavy (non-hydrogen) atoms. The Kier molecular flexibility index (Phi) is 6.12. The highest BCUT2D eigenvalue weighted by molar-refractivity contribution is 7.70. The van der Waals surface area contributed by atoms with Gasteiger partial charge >= 0.3 is 0 Å². The van der Waals surface area contributed by atoms with Gasteiger partial charge in [0, 0.05) is 37.6 Å². The predicted octanol–water partition coefficient (Wildman–Crippen LogP) is 3.55. The van der Waals surface area contributed by atoms with Gasteiger partial charge in [0.05, 0.1) is 11.9 Å². The molecule has 1 aliphatic rings. The van der Waals surface area contributed by atoms with Gasteiger partial charge < -0.3 is 24.7 Å². The van der Waals surface area contributed by atoms with Gasteiger partial charge in [0.15, 0.2) is 5.82 Å². The van der Waals surface area contributed by atoms with Crippen LogP contribution < -0.4 is 21.5 Å². The highest BCUT2D eigenvalue weighted by Gasteiger charge is 2.20.